The number of carbonyl (C=O) groups excluding carboxylic acids is 1. The van der Waals surface area contributed by atoms with Gasteiger partial charge in [0.2, 0.25) is 0 Å². The third-order valence-electron chi connectivity index (χ3n) is 2.76. The Labute approximate surface area is 132 Å². The summed E-state index contributed by atoms with van der Waals surface area (Å²) >= 11 is 3.05. The highest BCUT2D eigenvalue weighted by Crippen LogP contribution is 2.26. The van der Waals surface area contributed by atoms with Crippen molar-refractivity contribution >= 4 is 29.0 Å². The van der Waals surface area contributed by atoms with Gasteiger partial charge in [0, 0.05) is 6.54 Å². The van der Waals surface area contributed by atoms with Gasteiger partial charge in [-0.25, -0.2) is 0 Å². The number of hydrogen-bond acceptors (Lipinski definition) is 6. The van der Waals surface area contributed by atoms with E-state index in [0.717, 1.165) is 14.9 Å². The van der Waals surface area contributed by atoms with Gasteiger partial charge >= 0.3 is 0 Å². The summed E-state index contributed by atoms with van der Waals surface area (Å²) in [6.45, 7) is 4.71. The molecule has 112 valence electrons. The number of nitrogens with zero attached hydrogens (tertiary/aromatic N) is 2. The monoisotopic (exact) mass is 323 g/mol. The summed E-state index contributed by atoms with van der Waals surface area (Å²) in [6, 6.07) is 5.54. The molecule has 0 spiro atoms. The fraction of sp³-hybridized carbons (Fsp3) is 0.357. The van der Waals surface area contributed by atoms with E-state index >= 15 is 0 Å². The van der Waals surface area contributed by atoms with Crippen LogP contribution >= 0.6 is 23.1 Å². The summed E-state index contributed by atoms with van der Waals surface area (Å²) in [5.41, 5.74) is 1.47. The SMILES string of the molecule is CCNC(=O)c1cccc(C)c1OCc1nnc(SC)s1. The third-order valence-corrected chi connectivity index (χ3v) is 4.63. The van der Waals surface area contributed by atoms with Gasteiger partial charge in [0.05, 0.1) is 5.56 Å². The summed E-state index contributed by atoms with van der Waals surface area (Å²) in [5.74, 6) is 0.475. The largest absolute Gasteiger partial charge is 0.485 e. The van der Waals surface area contributed by atoms with Crippen LogP contribution in [0.4, 0.5) is 0 Å². The van der Waals surface area contributed by atoms with Crippen LogP contribution in [-0.2, 0) is 6.61 Å². The van der Waals surface area contributed by atoms with E-state index in [1.807, 2.05) is 32.2 Å². The second-order valence-corrected chi connectivity index (χ2v) is 6.38. The van der Waals surface area contributed by atoms with E-state index in [2.05, 4.69) is 15.5 Å². The Morgan fingerprint density at radius 3 is 2.90 bits per heavy atom. The number of hydrogen-bond donors (Lipinski definition) is 1. The lowest BCUT2D eigenvalue weighted by atomic mass is 10.1. The first-order valence-electron chi connectivity index (χ1n) is 6.52. The Morgan fingerprint density at radius 2 is 2.24 bits per heavy atom. The quantitative estimate of drug-likeness (QED) is 0.828. The van der Waals surface area contributed by atoms with E-state index in [1.54, 1.807) is 17.8 Å². The molecule has 1 aromatic carbocycles. The predicted octanol–water partition coefficient (Wildman–Crippen LogP) is 2.90. The zero-order chi connectivity index (χ0) is 15.2. The van der Waals surface area contributed by atoms with Gasteiger partial charge in [0.25, 0.3) is 5.91 Å². The zero-order valence-electron chi connectivity index (χ0n) is 12.2. The summed E-state index contributed by atoms with van der Waals surface area (Å²) in [7, 11) is 0. The van der Waals surface area contributed by atoms with Gasteiger partial charge in [-0.05, 0) is 31.7 Å². The van der Waals surface area contributed by atoms with Crippen LogP contribution in [-0.4, -0.2) is 28.9 Å². The molecule has 0 saturated heterocycles. The molecule has 1 aromatic heterocycles. The molecule has 2 rings (SSSR count). The fourth-order valence-electron chi connectivity index (χ4n) is 1.79. The predicted molar refractivity (Wildman–Crippen MR) is 85.2 cm³/mol. The first-order chi connectivity index (χ1) is 10.2. The van der Waals surface area contributed by atoms with Crippen LogP contribution < -0.4 is 10.1 Å². The van der Waals surface area contributed by atoms with Gasteiger partial charge in [0.1, 0.15) is 12.4 Å². The summed E-state index contributed by atoms with van der Waals surface area (Å²) in [5, 5.41) is 11.7. The van der Waals surface area contributed by atoms with E-state index in [-0.39, 0.29) is 5.91 Å². The Bertz CT molecular complexity index is 628. The van der Waals surface area contributed by atoms with E-state index in [9.17, 15) is 4.79 Å². The van der Waals surface area contributed by atoms with Gasteiger partial charge in [-0.2, -0.15) is 0 Å². The molecule has 5 nitrogen and oxygen atoms in total. The summed E-state index contributed by atoms with van der Waals surface area (Å²) < 4.78 is 6.72. The molecule has 0 bridgehead atoms. The minimum Gasteiger partial charge on any atom is -0.485 e. The smallest absolute Gasteiger partial charge is 0.255 e. The van der Waals surface area contributed by atoms with Crippen LogP contribution in [0.1, 0.15) is 27.9 Å². The maximum absolute atomic E-state index is 12.1. The highest BCUT2D eigenvalue weighted by atomic mass is 32.2. The van der Waals surface area contributed by atoms with Crippen molar-refractivity contribution in [3.05, 3.63) is 34.3 Å². The average Bonchev–Trinajstić information content (AvgIpc) is 2.94. The molecule has 1 heterocycles. The van der Waals surface area contributed by atoms with Crippen molar-refractivity contribution in [1.29, 1.82) is 0 Å². The molecule has 7 heteroatoms. The Balaban J connectivity index is 2.16. The molecule has 0 aliphatic rings. The van der Waals surface area contributed by atoms with Crippen LogP contribution in [0.2, 0.25) is 0 Å². The standard InChI is InChI=1S/C14H17N3O2S2/c1-4-15-13(18)10-7-5-6-9(2)12(10)19-8-11-16-17-14(20-3)21-11/h5-7H,4,8H2,1-3H3,(H,15,18). The number of ether oxygens (including phenoxy) is 1. The highest BCUT2D eigenvalue weighted by Gasteiger charge is 2.15. The van der Waals surface area contributed by atoms with Crippen LogP contribution in [0.15, 0.2) is 22.5 Å². The second kappa shape index (κ2) is 7.42. The lowest BCUT2D eigenvalue weighted by Crippen LogP contribution is -2.23. The molecule has 21 heavy (non-hydrogen) atoms. The van der Waals surface area contributed by atoms with Crippen LogP contribution in [0, 0.1) is 6.92 Å². The van der Waals surface area contributed by atoms with E-state index in [1.165, 1.54) is 11.3 Å². The lowest BCUT2D eigenvalue weighted by Gasteiger charge is -2.12. The van der Waals surface area contributed by atoms with Crippen LogP contribution in [0.3, 0.4) is 0 Å². The number of aromatic nitrogens is 2. The van der Waals surface area contributed by atoms with E-state index < -0.39 is 0 Å². The average molecular weight is 323 g/mol. The third kappa shape index (κ3) is 3.95. The minimum atomic E-state index is -0.127. The molecule has 1 N–H and O–H groups in total. The molecule has 2 aromatic rings. The maximum atomic E-state index is 12.1. The Morgan fingerprint density at radius 1 is 1.43 bits per heavy atom. The number of para-hydroxylation sites is 1. The number of carbonyl (C=O) groups is 1. The van der Waals surface area contributed by atoms with Gasteiger partial charge in [-0.3, -0.25) is 4.79 Å². The van der Waals surface area contributed by atoms with Crippen molar-refractivity contribution in [1.82, 2.24) is 15.5 Å². The van der Waals surface area contributed by atoms with Crippen LogP contribution in [0.25, 0.3) is 0 Å². The lowest BCUT2D eigenvalue weighted by molar-refractivity contribution is 0.0951. The number of benzene rings is 1. The van der Waals surface area contributed by atoms with Crippen molar-refractivity contribution in [2.24, 2.45) is 0 Å². The van der Waals surface area contributed by atoms with Gasteiger partial charge in [-0.1, -0.05) is 35.2 Å². The first-order valence-corrected chi connectivity index (χ1v) is 8.56. The number of rotatable bonds is 6. The van der Waals surface area contributed by atoms with E-state index in [4.69, 9.17) is 4.74 Å². The van der Waals surface area contributed by atoms with Gasteiger partial charge in [-0.15, -0.1) is 10.2 Å². The van der Waals surface area contributed by atoms with E-state index in [0.29, 0.717) is 24.5 Å². The molecule has 0 saturated carbocycles. The number of thioether (sulfide) groups is 1. The van der Waals surface area contributed by atoms with Crippen LogP contribution in [0.5, 0.6) is 5.75 Å². The molecule has 0 atom stereocenters. The number of nitrogens with one attached hydrogen (secondary N) is 1. The van der Waals surface area contributed by atoms with Gasteiger partial charge < -0.3 is 10.1 Å². The molecular formula is C14H17N3O2S2. The summed E-state index contributed by atoms with van der Waals surface area (Å²) in [6.07, 6.45) is 1.96. The molecule has 0 aliphatic carbocycles. The second-order valence-electron chi connectivity index (χ2n) is 4.27. The Kier molecular flexibility index (Phi) is 5.58. The van der Waals surface area contributed by atoms with Crippen molar-refractivity contribution in [3.63, 3.8) is 0 Å². The van der Waals surface area contributed by atoms with Gasteiger partial charge in [0.15, 0.2) is 9.35 Å². The zero-order valence-corrected chi connectivity index (χ0v) is 13.8. The Hall–Kier alpha value is -1.60. The maximum Gasteiger partial charge on any atom is 0.255 e. The molecular weight excluding hydrogens is 306 g/mol. The van der Waals surface area contributed by atoms with Crippen molar-refractivity contribution < 1.29 is 9.53 Å². The normalized spacial score (nSPS) is 10.4. The van der Waals surface area contributed by atoms with Crippen molar-refractivity contribution in [2.45, 2.75) is 24.8 Å². The summed E-state index contributed by atoms with van der Waals surface area (Å²) in [4.78, 5) is 12.1. The first kappa shape index (κ1) is 15.8. The molecule has 0 aliphatic heterocycles. The van der Waals surface area contributed by atoms with Crippen molar-refractivity contribution in [2.75, 3.05) is 12.8 Å². The molecule has 1 amide bonds. The molecule has 0 unspecified atom stereocenters. The molecule has 0 radical (unpaired) electrons. The topological polar surface area (TPSA) is 64.1 Å². The number of amides is 1. The number of aryl methyl sites for hydroxylation is 1. The van der Waals surface area contributed by atoms with Crippen molar-refractivity contribution in [3.8, 4) is 5.75 Å². The fourth-order valence-corrected chi connectivity index (χ4v) is 3.02. The molecule has 0 fully saturated rings. The minimum absolute atomic E-state index is 0.127. The highest BCUT2D eigenvalue weighted by molar-refractivity contribution is 8.00.